The van der Waals surface area contributed by atoms with Crippen molar-refractivity contribution in [1.82, 2.24) is 25.6 Å². The average Bonchev–Trinajstić information content (AvgIpc) is 2.82. The van der Waals surface area contributed by atoms with Crippen LogP contribution in [0.1, 0.15) is 21.9 Å². The van der Waals surface area contributed by atoms with Gasteiger partial charge in [0.15, 0.2) is 0 Å². The number of hydrazine groups is 1. The highest BCUT2D eigenvalue weighted by Crippen LogP contribution is 2.17. The summed E-state index contributed by atoms with van der Waals surface area (Å²) in [5.74, 6) is 6.09. The van der Waals surface area contributed by atoms with Gasteiger partial charge in [0, 0.05) is 11.9 Å². The number of aromatic amines is 1. The SMILES string of the molecule is Cc1nc(SCc2ccc(C(=O)NN)cn2)n[nH]1. The number of H-pyrrole nitrogens is 1. The number of nitrogen functional groups attached to an aromatic ring is 1. The number of aryl methyl sites for hydroxylation is 1. The number of aromatic nitrogens is 4. The lowest BCUT2D eigenvalue weighted by Gasteiger charge is -2.01. The summed E-state index contributed by atoms with van der Waals surface area (Å²) in [6, 6.07) is 3.45. The van der Waals surface area contributed by atoms with E-state index >= 15 is 0 Å². The van der Waals surface area contributed by atoms with E-state index in [0.717, 1.165) is 11.5 Å². The molecule has 0 fully saturated rings. The van der Waals surface area contributed by atoms with E-state index in [1.165, 1.54) is 18.0 Å². The standard InChI is InChI=1S/C10H12N6OS/c1-6-13-10(16-15-6)18-5-8-3-2-7(4-12-8)9(17)14-11/h2-4H,5,11H2,1H3,(H,14,17)(H,13,15,16). The number of rotatable bonds is 4. The zero-order valence-corrected chi connectivity index (χ0v) is 10.5. The van der Waals surface area contributed by atoms with Crippen molar-refractivity contribution < 1.29 is 4.79 Å². The zero-order valence-electron chi connectivity index (χ0n) is 9.67. The van der Waals surface area contributed by atoms with Gasteiger partial charge in [0.2, 0.25) is 5.16 Å². The minimum atomic E-state index is -0.355. The normalized spacial score (nSPS) is 10.3. The van der Waals surface area contributed by atoms with Crippen molar-refractivity contribution >= 4 is 17.7 Å². The summed E-state index contributed by atoms with van der Waals surface area (Å²) in [6.45, 7) is 1.84. The van der Waals surface area contributed by atoms with Gasteiger partial charge in [-0.25, -0.2) is 10.8 Å². The molecule has 0 saturated carbocycles. The second kappa shape index (κ2) is 5.61. The van der Waals surface area contributed by atoms with E-state index in [-0.39, 0.29) is 5.91 Å². The van der Waals surface area contributed by atoms with Crippen molar-refractivity contribution in [3.63, 3.8) is 0 Å². The Kier molecular flexibility index (Phi) is 3.90. The van der Waals surface area contributed by atoms with Crippen LogP contribution in [0.15, 0.2) is 23.5 Å². The predicted molar refractivity (Wildman–Crippen MR) is 66.6 cm³/mol. The largest absolute Gasteiger partial charge is 0.290 e. The van der Waals surface area contributed by atoms with Gasteiger partial charge in [-0.1, -0.05) is 11.8 Å². The minimum Gasteiger partial charge on any atom is -0.290 e. The van der Waals surface area contributed by atoms with Crippen molar-refractivity contribution in [2.45, 2.75) is 17.8 Å². The molecule has 8 heteroatoms. The van der Waals surface area contributed by atoms with Gasteiger partial charge in [-0.05, 0) is 19.1 Å². The Balaban J connectivity index is 1.96. The third-order valence-electron chi connectivity index (χ3n) is 2.14. The van der Waals surface area contributed by atoms with Gasteiger partial charge in [-0.2, -0.15) is 0 Å². The summed E-state index contributed by atoms with van der Waals surface area (Å²) in [5, 5.41) is 7.45. The highest BCUT2D eigenvalue weighted by Gasteiger charge is 2.05. The molecule has 4 N–H and O–H groups in total. The lowest BCUT2D eigenvalue weighted by molar-refractivity contribution is 0.0953. The molecule has 0 aliphatic rings. The average molecular weight is 264 g/mol. The first kappa shape index (κ1) is 12.5. The monoisotopic (exact) mass is 264 g/mol. The fourth-order valence-corrected chi connectivity index (χ4v) is 2.01. The molecule has 0 aliphatic carbocycles. The first-order valence-corrected chi connectivity index (χ1v) is 6.15. The molecule has 2 heterocycles. The highest BCUT2D eigenvalue weighted by atomic mass is 32.2. The Morgan fingerprint density at radius 1 is 1.56 bits per heavy atom. The van der Waals surface area contributed by atoms with Gasteiger partial charge < -0.3 is 0 Å². The molecule has 0 saturated heterocycles. The molecule has 18 heavy (non-hydrogen) atoms. The van der Waals surface area contributed by atoms with Crippen molar-refractivity contribution in [1.29, 1.82) is 0 Å². The molecule has 0 atom stereocenters. The molecule has 1 amide bonds. The number of nitrogens with two attached hydrogens (primary N) is 1. The van der Waals surface area contributed by atoms with Crippen LogP contribution in [-0.2, 0) is 5.75 Å². The van der Waals surface area contributed by atoms with Gasteiger partial charge in [-0.3, -0.25) is 20.3 Å². The quantitative estimate of drug-likeness (QED) is 0.319. The summed E-state index contributed by atoms with van der Waals surface area (Å²) in [7, 11) is 0. The molecular formula is C10H12N6OS. The van der Waals surface area contributed by atoms with Gasteiger partial charge in [-0.15, -0.1) is 5.10 Å². The minimum absolute atomic E-state index is 0.355. The maximum atomic E-state index is 11.2. The molecular weight excluding hydrogens is 252 g/mol. The lowest BCUT2D eigenvalue weighted by atomic mass is 10.2. The van der Waals surface area contributed by atoms with Gasteiger partial charge >= 0.3 is 0 Å². The van der Waals surface area contributed by atoms with E-state index < -0.39 is 0 Å². The third-order valence-corrected chi connectivity index (χ3v) is 3.02. The molecule has 2 aromatic rings. The number of pyridine rings is 1. The van der Waals surface area contributed by atoms with Crippen LogP contribution in [0.4, 0.5) is 0 Å². The maximum Gasteiger partial charge on any atom is 0.266 e. The summed E-state index contributed by atoms with van der Waals surface area (Å²) in [4.78, 5) is 19.5. The highest BCUT2D eigenvalue weighted by molar-refractivity contribution is 7.98. The number of nitrogens with zero attached hydrogens (tertiary/aromatic N) is 3. The molecule has 0 spiro atoms. The number of hydrogen-bond acceptors (Lipinski definition) is 6. The number of hydrogen-bond donors (Lipinski definition) is 3. The summed E-state index contributed by atoms with van der Waals surface area (Å²) in [5.41, 5.74) is 3.33. The number of amides is 1. The lowest BCUT2D eigenvalue weighted by Crippen LogP contribution is -2.30. The number of thioether (sulfide) groups is 1. The third kappa shape index (κ3) is 3.05. The second-order valence-corrected chi connectivity index (χ2v) is 4.45. The molecule has 2 aromatic heterocycles. The van der Waals surface area contributed by atoms with E-state index in [1.54, 1.807) is 12.1 Å². The van der Waals surface area contributed by atoms with Crippen LogP contribution in [0, 0.1) is 6.92 Å². The zero-order chi connectivity index (χ0) is 13.0. The summed E-state index contributed by atoms with van der Waals surface area (Å²) >= 11 is 1.47. The van der Waals surface area contributed by atoms with Crippen LogP contribution in [-0.4, -0.2) is 26.1 Å². The predicted octanol–water partition coefficient (Wildman–Crippen LogP) is 0.404. The number of nitrogens with one attached hydrogen (secondary N) is 2. The fourth-order valence-electron chi connectivity index (χ4n) is 1.25. The molecule has 0 bridgehead atoms. The Bertz CT molecular complexity index is 538. The Hall–Kier alpha value is -1.93. The number of carbonyl (C=O) groups is 1. The molecule has 7 nitrogen and oxygen atoms in total. The van der Waals surface area contributed by atoms with Crippen molar-refractivity contribution in [3.05, 3.63) is 35.4 Å². The Morgan fingerprint density at radius 3 is 2.94 bits per heavy atom. The van der Waals surface area contributed by atoms with E-state index in [9.17, 15) is 4.79 Å². The maximum absolute atomic E-state index is 11.2. The molecule has 0 aromatic carbocycles. The van der Waals surface area contributed by atoms with E-state index in [2.05, 4.69) is 25.6 Å². The molecule has 0 unspecified atom stereocenters. The smallest absolute Gasteiger partial charge is 0.266 e. The van der Waals surface area contributed by atoms with E-state index in [0.29, 0.717) is 16.5 Å². The molecule has 2 rings (SSSR count). The first-order valence-electron chi connectivity index (χ1n) is 5.16. The number of carbonyl (C=O) groups excluding carboxylic acids is 1. The van der Waals surface area contributed by atoms with Crippen LogP contribution < -0.4 is 11.3 Å². The molecule has 0 aliphatic heterocycles. The molecule has 94 valence electrons. The second-order valence-electron chi connectivity index (χ2n) is 3.50. The Labute approximate surface area is 108 Å². The van der Waals surface area contributed by atoms with E-state index in [4.69, 9.17) is 5.84 Å². The van der Waals surface area contributed by atoms with Crippen LogP contribution in [0.3, 0.4) is 0 Å². The topological polar surface area (TPSA) is 110 Å². The van der Waals surface area contributed by atoms with Crippen LogP contribution in [0.5, 0.6) is 0 Å². The summed E-state index contributed by atoms with van der Waals surface area (Å²) in [6.07, 6.45) is 1.49. The molecule has 0 radical (unpaired) electrons. The Morgan fingerprint density at radius 2 is 2.39 bits per heavy atom. The van der Waals surface area contributed by atoms with Gasteiger partial charge in [0.25, 0.3) is 5.91 Å². The summed E-state index contributed by atoms with van der Waals surface area (Å²) < 4.78 is 0. The van der Waals surface area contributed by atoms with Crippen LogP contribution in [0.2, 0.25) is 0 Å². The fraction of sp³-hybridized carbons (Fsp3) is 0.200. The van der Waals surface area contributed by atoms with Gasteiger partial charge in [0.1, 0.15) is 5.82 Å². The van der Waals surface area contributed by atoms with E-state index in [1.807, 2.05) is 6.92 Å². The van der Waals surface area contributed by atoms with Crippen molar-refractivity contribution in [3.8, 4) is 0 Å². The van der Waals surface area contributed by atoms with Crippen LogP contribution >= 0.6 is 11.8 Å². The van der Waals surface area contributed by atoms with Crippen molar-refractivity contribution in [2.75, 3.05) is 0 Å². The van der Waals surface area contributed by atoms with Gasteiger partial charge in [0.05, 0.1) is 11.3 Å². The first-order chi connectivity index (χ1) is 8.69. The van der Waals surface area contributed by atoms with Crippen LogP contribution in [0.25, 0.3) is 0 Å². The van der Waals surface area contributed by atoms with Crippen molar-refractivity contribution in [2.24, 2.45) is 5.84 Å².